The molecule has 0 saturated carbocycles. The van der Waals surface area contributed by atoms with E-state index >= 15 is 0 Å². The number of nitrogens with one attached hydrogen (secondary N) is 1. The number of amides is 1. The minimum atomic E-state index is -0.402. The van der Waals surface area contributed by atoms with Gasteiger partial charge < -0.3 is 10.1 Å². The maximum atomic E-state index is 12.8. The largest absolute Gasteiger partial charge is 0.494 e. The molecule has 0 atom stereocenters. The van der Waals surface area contributed by atoms with Gasteiger partial charge >= 0.3 is 0 Å². The molecule has 1 N–H and O–H groups in total. The molecule has 0 aliphatic heterocycles. The van der Waals surface area contributed by atoms with Crippen molar-refractivity contribution in [3.63, 3.8) is 0 Å². The van der Waals surface area contributed by atoms with Crippen LogP contribution in [0, 0.1) is 6.92 Å². The zero-order valence-electron chi connectivity index (χ0n) is 17.2. The number of rotatable bonds is 6. The second-order valence-electron chi connectivity index (χ2n) is 6.92. The summed E-state index contributed by atoms with van der Waals surface area (Å²) in [7, 11) is 0. The summed E-state index contributed by atoms with van der Waals surface area (Å²) in [6, 6.07) is 22.3. The lowest BCUT2D eigenvalue weighted by atomic mass is 10.1. The first-order chi connectivity index (χ1) is 15.0. The summed E-state index contributed by atoms with van der Waals surface area (Å²) in [6.07, 6.45) is 0. The summed E-state index contributed by atoms with van der Waals surface area (Å²) >= 11 is 5.92. The highest BCUT2D eigenvalue weighted by Gasteiger charge is 2.19. The fourth-order valence-electron chi connectivity index (χ4n) is 3.05. The number of ether oxygens (including phenoxy) is 1. The van der Waals surface area contributed by atoms with Crippen molar-refractivity contribution in [3.05, 3.63) is 89.2 Å². The number of hydrogen-bond acceptors (Lipinski definition) is 4. The molecule has 4 aromatic rings. The maximum Gasteiger partial charge on any atom is 0.295 e. The van der Waals surface area contributed by atoms with Crippen LogP contribution in [0.25, 0.3) is 17.1 Å². The Morgan fingerprint density at radius 1 is 1.00 bits per heavy atom. The van der Waals surface area contributed by atoms with Crippen molar-refractivity contribution >= 4 is 23.2 Å². The minimum Gasteiger partial charge on any atom is -0.494 e. The summed E-state index contributed by atoms with van der Waals surface area (Å²) in [5, 5.41) is 7.90. The molecule has 31 heavy (non-hydrogen) atoms. The van der Waals surface area contributed by atoms with Crippen LogP contribution in [0.1, 0.15) is 23.1 Å². The van der Waals surface area contributed by atoms with E-state index in [1.165, 1.54) is 0 Å². The Balaban J connectivity index is 1.71. The van der Waals surface area contributed by atoms with Crippen molar-refractivity contribution in [2.75, 3.05) is 11.9 Å². The van der Waals surface area contributed by atoms with Crippen molar-refractivity contribution in [3.8, 4) is 22.8 Å². The van der Waals surface area contributed by atoms with Crippen LogP contribution >= 0.6 is 11.6 Å². The van der Waals surface area contributed by atoms with Crippen LogP contribution in [0.3, 0.4) is 0 Å². The third kappa shape index (κ3) is 4.75. The second-order valence-corrected chi connectivity index (χ2v) is 7.36. The number of halogens is 1. The van der Waals surface area contributed by atoms with Crippen LogP contribution in [-0.2, 0) is 0 Å². The number of aromatic nitrogens is 3. The van der Waals surface area contributed by atoms with Gasteiger partial charge in [0.1, 0.15) is 5.75 Å². The van der Waals surface area contributed by atoms with Gasteiger partial charge in [0.05, 0.1) is 12.3 Å². The quantitative estimate of drug-likeness (QED) is 0.434. The molecule has 6 nitrogen and oxygen atoms in total. The second kappa shape index (κ2) is 9.02. The molecule has 7 heteroatoms. The van der Waals surface area contributed by atoms with E-state index in [9.17, 15) is 4.79 Å². The minimum absolute atomic E-state index is 0.0689. The predicted molar refractivity (Wildman–Crippen MR) is 122 cm³/mol. The molecule has 0 saturated heterocycles. The number of anilines is 1. The van der Waals surface area contributed by atoms with Crippen LogP contribution in [-0.4, -0.2) is 27.3 Å². The molecule has 0 unspecified atom stereocenters. The molecular weight excluding hydrogens is 412 g/mol. The molecule has 0 radical (unpaired) electrons. The third-order valence-electron chi connectivity index (χ3n) is 4.61. The van der Waals surface area contributed by atoms with Gasteiger partial charge in [0.25, 0.3) is 5.91 Å². The molecule has 4 rings (SSSR count). The summed E-state index contributed by atoms with van der Waals surface area (Å²) in [4.78, 5) is 17.4. The Labute approximate surface area is 185 Å². The van der Waals surface area contributed by atoms with Crippen LogP contribution in [0.2, 0.25) is 5.02 Å². The monoisotopic (exact) mass is 432 g/mol. The Morgan fingerprint density at radius 2 is 1.68 bits per heavy atom. The fraction of sp³-hybridized carbons (Fsp3) is 0.125. The van der Waals surface area contributed by atoms with Gasteiger partial charge in [0, 0.05) is 16.3 Å². The van der Waals surface area contributed by atoms with E-state index in [0.717, 1.165) is 22.6 Å². The number of carbonyl (C=O) groups excluding carboxylic acids is 1. The number of carbonyl (C=O) groups is 1. The molecule has 156 valence electrons. The van der Waals surface area contributed by atoms with E-state index in [2.05, 4.69) is 15.4 Å². The summed E-state index contributed by atoms with van der Waals surface area (Å²) in [5.74, 6) is 1.01. The first-order valence-corrected chi connectivity index (χ1v) is 10.3. The Bertz CT molecular complexity index is 1180. The SMILES string of the molecule is CCOc1ccc(-n2nc(C(=O)Nc3ccc(Cl)cc3)nc2-c2ccc(C)cc2)cc1. The molecule has 3 aromatic carbocycles. The van der Waals surface area contributed by atoms with Gasteiger partial charge in [-0.15, -0.1) is 5.10 Å². The Morgan fingerprint density at radius 3 is 2.32 bits per heavy atom. The predicted octanol–water partition coefficient (Wildman–Crippen LogP) is 5.55. The number of nitrogens with zero attached hydrogens (tertiary/aromatic N) is 3. The van der Waals surface area contributed by atoms with Crippen LogP contribution in [0.15, 0.2) is 72.8 Å². The smallest absolute Gasteiger partial charge is 0.295 e. The molecule has 0 aliphatic carbocycles. The van der Waals surface area contributed by atoms with Gasteiger partial charge in [-0.05, 0) is 62.4 Å². The van der Waals surface area contributed by atoms with Gasteiger partial charge in [0.15, 0.2) is 5.82 Å². The average Bonchev–Trinajstić information content (AvgIpc) is 3.22. The molecule has 1 heterocycles. The van der Waals surface area contributed by atoms with Crippen molar-refractivity contribution in [1.82, 2.24) is 14.8 Å². The fourth-order valence-corrected chi connectivity index (χ4v) is 3.17. The lowest BCUT2D eigenvalue weighted by molar-refractivity contribution is 0.101. The van der Waals surface area contributed by atoms with E-state index in [-0.39, 0.29) is 5.82 Å². The molecule has 1 aromatic heterocycles. The van der Waals surface area contributed by atoms with E-state index < -0.39 is 5.91 Å². The van der Waals surface area contributed by atoms with Gasteiger partial charge in [0.2, 0.25) is 5.82 Å². The average molecular weight is 433 g/mol. The summed E-state index contributed by atoms with van der Waals surface area (Å²) in [6.45, 7) is 4.55. The van der Waals surface area contributed by atoms with Crippen molar-refractivity contribution < 1.29 is 9.53 Å². The van der Waals surface area contributed by atoms with Crippen LogP contribution in [0.5, 0.6) is 5.75 Å². The lowest BCUT2D eigenvalue weighted by Gasteiger charge is -2.08. The highest BCUT2D eigenvalue weighted by Crippen LogP contribution is 2.24. The molecule has 0 bridgehead atoms. The normalized spacial score (nSPS) is 10.7. The Hall–Kier alpha value is -3.64. The van der Waals surface area contributed by atoms with Crippen molar-refractivity contribution in [1.29, 1.82) is 0 Å². The summed E-state index contributed by atoms with van der Waals surface area (Å²) in [5.41, 5.74) is 3.38. The van der Waals surface area contributed by atoms with Gasteiger partial charge in [-0.25, -0.2) is 9.67 Å². The van der Waals surface area contributed by atoms with E-state index in [0.29, 0.717) is 23.1 Å². The lowest BCUT2D eigenvalue weighted by Crippen LogP contribution is -2.14. The standard InChI is InChI=1S/C24H21ClN4O2/c1-3-31-21-14-12-20(13-15-21)29-23(17-6-4-16(2)5-7-17)27-22(28-29)24(30)26-19-10-8-18(25)9-11-19/h4-15H,3H2,1-2H3,(H,26,30). The molecule has 1 amide bonds. The summed E-state index contributed by atoms with van der Waals surface area (Å²) < 4.78 is 7.19. The van der Waals surface area contributed by atoms with Crippen molar-refractivity contribution in [2.45, 2.75) is 13.8 Å². The van der Waals surface area contributed by atoms with E-state index in [4.69, 9.17) is 16.3 Å². The third-order valence-corrected chi connectivity index (χ3v) is 4.87. The Kier molecular flexibility index (Phi) is 6.00. The van der Waals surface area contributed by atoms with Gasteiger partial charge in [-0.1, -0.05) is 41.4 Å². The molecule has 0 aliphatic rings. The van der Waals surface area contributed by atoms with E-state index in [1.807, 2.05) is 62.4 Å². The number of aryl methyl sites for hydroxylation is 1. The molecule has 0 spiro atoms. The van der Waals surface area contributed by atoms with Crippen molar-refractivity contribution in [2.24, 2.45) is 0 Å². The highest BCUT2D eigenvalue weighted by atomic mass is 35.5. The number of hydrogen-bond donors (Lipinski definition) is 1. The maximum absolute atomic E-state index is 12.8. The van der Waals surface area contributed by atoms with Crippen LogP contribution < -0.4 is 10.1 Å². The topological polar surface area (TPSA) is 69.0 Å². The van der Waals surface area contributed by atoms with Crippen LogP contribution in [0.4, 0.5) is 5.69 Å². The first kappa shape index (κ1) is 20.6. The van der Waals surface area contributed by atoms with Gasteiger partial charge in [-0.3, -0.25) is 4.79 Å². The zero-order chi connectivity index (χ0) is 21.8. The first-order valence-electron chi connectivity index (χ1n) is 9.88. The van der Waals surface area contributed by atoms with E-state index in [1.54, 1.807) is 28.9 Å². The zero-order valence-corrected chi connectivity index (χ0v) is 17.9. The molecular formula is C24H21ClN4O2. The molecule has 0 fully saturated rings. The number of benzene rings is 3. The van der Waals surface area contributed by atoms with Gasteiger partial charge in [-0.2, -0.15) is 0 Å². The highest BCUT2D eigenvalue weighted by molar-refractivity contribution is 6.30.